The molecule has 1 aromatic rings. The maximum atomic E-state index is 9.12. The molecule has 0 aliphatic heterocycles. The second-order valence-electron chi connectivity index (χ2n) is 3.39. The maximum absolute atomic E-state index is 9.12. The van der Waals surface area contributed by atoms with Gasteiger partial charge < -0.3 is 16.1 Å². The fraction of sp³-hybridized carbons (Fsp3) is 0. The number of aromatic amines is 1. The third kappa shape index (κ3) is 1.72. The van der Waals surface area contributed by atoms with Gasteiger partial charge in [0.2, 0.25) is 0 Å². The summed E-state index contributed by atoms with van der Waals surface area (Å²) < 4.78 is 0.250. The van der Waals surface area contributed by atoms with Crippen LogP contribution >= 0.6 is 12.2 Å². The SMILES string of the molecule is N#Cc1c(N)[nH]c(=S)c(=C=[N-])c1=C1C=CC=C1. The predicted octanol–water partition coefficient (Wildman–Crippen LogP) is 0.385. The van der Waals surface area contributed by atoms with Crippen LogP contribution in [0.3, 0.4) is 0 Å². The average molecular weight is 239 g/mol. The Kier molecular flexibility index (Phi) is 2.75. The van der Waals surface area contributed by atoms with E-state index in [0.717, 1.165) is 5.57 Å². The minimum Gasteiger partial charge on any atom is -0.763 e. The van der Waals surface area contributed by atoms with Gasteiger partial charge in [0.05, 0.1) is 0 Å². The van der Waals surface area contributed by atoms with Crippen LogP contribution in [0.25, 0.3) is 11.0 Å². The lowest BCUT2D eigenvalue weighted by Crippen LogP contribution is -2.33. The molecule has 0 fully saturated rings. The molecule has 1 aliphatic rings. The van der Waals surface area contributed by atoms with Crippen LogP contribution in [0.15, 0.2) is 24.3 Å². The van der Waals surface area contributed by atoms with E-state index < -0.39 is 0 Å². The number of anilines is 1. The summed E-state index contributed by atoms with van der Waals surface area (Å²) in [6.45, 7) is 0. The van der Waals surface area contributed by atoms with E-state index in [0.29, 0.717) is 5.22 Å². The molecule has 3 N–H and O–H groups in total. The van der Waals surface area contributed by atoms with Gasteiger partial charge in [-0.2, -0.15) is 5.26 Å². The Balaban J connectivity index is 3.23. The van der Waals surface area contributed by atoms with Gasteiger partial charge in [-0.25, -0.2) is 0 Å². The van der Waals surface area contributed by atoms with Crippen LogP contribution < -0.4 is 16.2 Å². The molecule has 0 bridgehead atoms. The summed E-state index contributed by atoms with van der Waals surface area (Å²) in [5, 5.41) is 19.0. The summed E-state index contributed by atoms with van der Waals surface area (Å²) in [7, 11) is 0. The molecule has 0 amide bonds. The predicted molar refractivity (Wildman–Crippen MR) is 69.2 cm³/mol. The Morgan fingerprint density at radius 1 is 1.35 bits per heavy atom. The molecule has 0 atom stereocenters. The molecule has 82 valence electrons. The van der Waals surface area contributed by atoms with E-state index in [4.69, 9.17) is 28.6 Å². The molecule has 1 aromatic heterocycles. The van der Waals surface area contributed by atoms with Gasteiger partial charge in [0.15, 0.2) is 0 Å². The van der Waals surface area contributed by atoms with E-state index in [1.807, 2.05) is 36.2 Å². The third-order valence-electron chi connectivity index (χ3n) is 2.42. The molecular weight excluding hydrogens is 232 g/mol. The van der Waals surface area contributed by atoms with Crippen LogP contribution in [0.4, 0.5) is 5.82 Å². The number of nitrogen functional groups attached to an aromatic ring is 1. The number of nitrogens with two attached hydrogens (primary N) is 1. The van der Waals surface area contributed by atoms with Gasteiger partial charge in [0.25, 0.3) is 0 Å². The highest BCUT2D eigenvalue weighted by atomic mass is 32.1. The minimum atomic E-state index is 0.188. The largest absolute Gasteiger partial charge is 0.763 e. The molecule has 5 heteroatoms. The summed E-state index contributed by atoms with van der Waals surface area (Å²) >= 11 is 5.04. The number of pyridine rings is 1. The first-order chi connectivity index (χ1) is 8.19. The summed E-state index contributed by atoms with van der Waals surface area (Å²) in [6.07, 6.45) is 7.28. The highest BCUT2D eigenvalue weighted by Gasteiger charge is 2.06. The van der Waals surface area contributed by atoms with Crippen molar-refractivity contribution in [3.63, 3.8) is 0 Å². The van der Waals surface area contributed by atoms with E-state index in [-0.39, 0.29) is 21.2 Å². The number of aromatic nitrogens is 1. The summed E-state index contributed by atoms with van der Waals surface area (Å²) in [5.74, 6) is 2.20. The molecule has 0 aromatic carbocycles. The van der Waals surface area contributed by atoms with E-state index >= 15 is 0 Å². The topological polar surface area (TPSA) is 87.9 Å². The first-order valence-corrected chi connectivity index (χ1v) is 5.18. The number of rotatable bonds is 0. The molecular formula is C12H7N4S-. The van der Waals surface area contributed by atoms with Crippen molar-refractivity contribution in [1.82, 2.24) is 4.98 Å². The third-order valence-corrected chi connectivity index (χ3v) is 2.73. The van der Waals surface area contributed by atoms with Crippen LogP contribution in [-0.4, -0.2) is 10.9 Å². The van der Waals surface area contributed by atoms with Crippen LogP contribution in [0.1, 0.15) is 5.56 Å². The summed E-state index contributed by atoms with van der Waals surface area (Å²) in [5.41, 5.74) is 6.73. The van der Waals surface area contributed by atoms with Crippen molar-refractivity contribution in [3.8, 4) is 6.07 Å². The number of hydrogen-bond donors (Lipinski definition) is 2. The lowest BCUT2D eigenvalue weighted by atomic mass is 10.1. The zero-order valence-corrected chi connectivity index (χ0v) is 9.51. The standard InChI is InChI=1S/C12H7N4S/c13-5-8-10(7-3-1-2-4-7)9(6-14)12(17)16-11(8)15/h1-4H,15H2,(H,16,17)/q-1. The first kappa shape index (κ1) is 11.1. The summed E-state index contributed by atoms with van der Waals surface area (Å²) in [6, 6.07) is 2.00. The van der Waals surface area contributed by atoms with Gasteiger partial charge in [-0.3, -0.25) is 5.87 Å². The Morgan fingerprint density at radius 3 is 2.53 bits per heavy atom. The summed E-state index contributed by atoms with van der Waals surface area (Å²) in [4.78, 5) is 2.66. The van der Waals surface area contributed by atoms with Crippen molar-refractivity contribution >= 4 is 29.5 Å². The second kappa shape index (κ2) is 4.22. The zero-order valence-electron chi connectivity index (χ0n) is 8.69. The fourth-order valence-electron chi connectivity index (χ4n) is 1.67. The normalized spacial score (nSPS) is 12.5. The second-order valence-corrected chi connectivity index (χ2v) is 3.80. The first-order valence-electron chi connectivity index (χ1n) is 4.77. The Hall–Kier alpha value is -2.41. The van der Waals surface area contributed by atoms with Crippen molar-refractivity contribution < 1.29 is 0 Å². The fourth-order valence-corrected chi connectivity index (χ4v) is 1.93. The van der Waals surface area contributed by atoms with E-state index in [1.165, 1.54) is 0 Å². The lowest BCUT2D eigenvalue weighted by molar-refractivity contribution is 1.23. The van der Waals surface area contributed by atoms with Gasteiger partial charge in [-0.15, -0.1) is 0 Å². The van der Waals surface area contributed by atoms with E-state index in [2.05, 4.69) is 4.98 Å². The number of nitrogens with zero attached hydrogens (tertiary/aromatic N) is 2. The molecule has 0 saturated heterocycles. The molecule has 0 unspecified atom stereocenters. The number of nitriles is 1. The number of hydrogen-bond acceptors (Lipinski definition) is 3. The van der Waals surface area contributed by atoms with Crippen molar-refractivity contribution in [2.45, 2.75) is 0 Å². The van der Waals surface area contributed by atoms with Gasteiger partial charge >= 0.3 is 0 Å². The Bertz CT molecular complexity index is 770. The Labute approximate surface area is 102 Å². The van der Waals surface area contributed by atoms with Crippen LogP contribution in [0.2, 0.25) is 0 Å². The minimum absolute atomic E-state index is 0.188. The maximum Gasteiger partial charge on any atom is 0.120 e. The number of allylic oxidation sites excluding steroid dienone is 4. The quantitative estimate of drug-likeness (QED) is 0.507. The van der Waals surface area contributed by atoms with Gasteiger partial charge in [0.1, 0.15) is 22.1 Å². The molecule has 1 heterocycles. The highest BCUT2D eigenvalue weighted by Crippen LogP contribution is 2.08. The Morgan fingerprint density at radius 2 is 2.00 bits per heavy atom. The molecule has 0 saturated carbocycles. The van der Waals surface area contributed by atoms with Crippen LogP contribution in [-0.2, 0) is 0 Å². The van der Waals surface area contributed by atoms with Gasteiger partial charge in [-0.1, -0.05) is 36.5 Å². The molecule has 0 spiro atoms. The molecule has 1 aliphatic carbocycles. The van der Waals surface area contributed by atoms with Crippen LogP contribution in [0, 0.1) is 16.0 Å². The highest BCUT2D eigenvalue weighted by molar-refractivity contribution is 7.71. The van der Waals surface area contributed by atoms with Crippen molar-refractivity contribution in [3.05, 3.63) is 50.4 Å². The molecule has 4 nitrogen and oxygen atoms in total. The van der Waals surface area contributed by atoms with E-state index in [1.54, 1.807) is 0 Å². The van der Waals surface area contributed by atoms with Gasteiger partial charge in [0, 0.05) is 10.4 Å². The van der Waals surface area contributed by atoms with Crippen molar-refractivity contribution in [2.24, 2.45) is 0 Å². The number of nitrogens with one attached hydrogen (secondary N) is 1. The smallest absolute Gasteiger partial charge is 0.120 e. The zero-order chi connectivity index (χ0) is 12.4. The van der Waals surface area contributed by atoms with Crippen molar-refractivity contribution in [2.75, 3.05) is 5.73 Å². The van der Waals surface area contributed by atoms with Gasteiger partial charge in [-0.05, 0) is 5.57 Å². The molecule has 2 rings (SSSR count). The average Bonchev–Trinajstić information content (AvgIpc) is 2.81. The van der Waals surface area contributed by atoms with E-state index in [9.17, 15) is 0 Å². The van der Waals surface area contributed by atoms with Crippen molar-refractivity contribution in [1.29, 1.82) is 5.26 Å². The number of H-pyrrole nitrogens is 1. The van der Waals surface area contributed by atoms with Crippen LogP contribution in [0.5, 0.6) is 0 Å². The molecule has 0 radical (unpaired) electrons. The lowest BCUT2D eigenvalue weighted by Gasteiger charge is -2.02. The molecule has 17 heavy (non-hydrogen) atoms. The monoisotopic (exact) mass is 239 g/mol.